The summed E-state index contributed by atoms with van der Waals surface area (Å²) in [6, 6.07) is 41.5. The van der Waals surface area contributed by atoms with Crippen LogP contribution in [0, 0.1) is 0 Å². The predicted octanol–water partition coefficient (Wildman–Crippen LogP) is 13.9. The van der Waals surface area contributed by atoms with Gasteiger partial charge in [0.05, 0.1) is 68.3 Å². The van der Waals surface area contributed by atoms with Gasteiger partial charge in [-0.25, -0.2) is 29.9 Å². The van der Waals surface area contributed by atoms with Gasteiger partial charge in [-0.2, -0.15) is 0 Å². The first-order valence-electron chi connectivity index (χ1n) is 23.7. The van der Waals surface area contributed by atoms with E-state index in [2.05, 4.69) is 176 Å². The summed E-state index contributed by atoms with van der Waals surface area (Å²) in [7, 11) is 0. The first-order chi connectivity index (χ1) is 35.5. The summed E-state index contributed by atoms with van der Waals surface area (Å²) in [5, 5.41) is 0. The van der Waals surface area contributed by atoms with Gasteiger partial charge in [0.15, 0.2) is 0 Å². The van der Waals surface area contributed by atoms with Gasteiger partial charge >= 0.3 is 0 Å². The first-order valence-corrected chi connectivity index (χ1v) is 23.7. The Bertz CT molecular complexity index is 4300. The number of hydrogen-bond acceptors (Lipinski definition) is 6. The van der Waals surface area contributed by atoms with Crippen molar-refractivity contribution < 1.29 is 0 Å². The van der Waals surface area contributed by atoms with Crippen LogP contribution in [0.15, 0.2) is 121 Å². The molecule has 9 aromatic rings. The zero-order valence-corrected chi connectivity index (χ0v) is 38.2. The minimum Gasteiger partial charge on any atom is -0.355 e. The van der Waals surface area contributed by atoms with Crippen molar-refractivity contribution in [1.29, 1.82) is 0 Å². The number of aromatic amines is 6. The second-order valence-electron chi connectivity index (χ2n) is 18.3. The Morgan fingerprint density at radius 1 is 0.194 bits per heavy atom. The number of H-pyrrole nitrogens is 6. The molecule has 0 spiro atoms. The van der Waals surface area contributed by atoms with Gasteiger partial charge in [0.2, 0.25) is 0 Å². The average Bonchev–Trinajstić information content (AvgIpc) is 4.20. The molecule has 6 N–H and O–H groups in total. The molecule has 0 radical (unpaired) electrons. The van der Waals surface area contributed by atoms with E-state index in [-0.39, 0.29) is 0 Å². The molecule has 9 aromatic heterocycles. The number of nitrogens with one attached hydrogen (secondary N) is 6. The molecule has 6 aliphatic heterocycles. The lowest BCUT2D eigenvalue weighted by atomic mass is 10.0. The van der Waals surface area contributed by atoms with Crippen LogP contribution < -0.4 is 0 Å². The van der Waals surface area contributed by atoms with Crippen LogP contribution in [0.3, 0.4) is 0 Å². The number of nitrogens with zero attached hydrogens (tertiary/aromatic N) is 6. The highest BCUT2D eigenvalue weighted by molar-refractivity contribution is 6.04. The summed E-state index contributed by atoms with van der Waals surface area (Å²) in [4.78, 5) is 53.3. The number of hydrogen-bond donors (Lipinski definition) is 6. The van der Waals surface area contributed by atoms with E-state index in [1.165, 1.54) is 0 Å². The van der Waals surface area contributed by atoms with Gasteiger partial charge in [0, 0.05) is 88.5 Å². The molecule has 338 valence electrons. The van der Waals surface area contributed by atoms with Crippen LogP contribution in [0.2, 0.25) is 0 Å². The number of aromatic nitrogens is 12. The van der Waals surface area contributed by atoms with Crippen LogP contribution in [0.5, 0.6) is 0 Å². The van der Waals surface area contributed by atoms with Crippen LogP contribution in [-0.2, 0) is 0 Å². The van der Waals surface area contributed by atoms with Crippen molar-refractivity contribution in [2.45, 2.75) is 0 Å². The van der Waals surface area contributed by atoms with E-state index in [0.29, 0.717) is 0 Å². The predicted molar refractivity (Wildman–Crippen MR) is 295 cm³/mol. The maximum absolute atomic E-state index is 5.69. The van der Waals surface area contributed by atoms with E-state index in [1.54, 1.807) is 0 Å². The molecule has 6 aliphatic rings. The van der Waals surface area contributed by atoms with E-state index >= 15 is 0 Å². The molecule has 0 aliphatic carbocycles. The van der Waals surface area contributed by atoms with Crippen molar-refractivity contribution in [3.8, 4) is 22.3 Å². The third kappa shape index (κ3) is 7.17. The highest BCUT2D eigenvalue weighted by Crippen LogP contribution is 2.40. The molecule has 72 heavy (non-hydrogen) atoms. The zero-order chi connectivity index (χ0) is 47.3. The lowest BCUT2D eigenvalue weighted by Gasteiger charge is -2.08. The van der Waals surface area contributed by atoms with E-state index < -0.39 is 0 Å². The number of rotatable bonds is 2. The van der Waals surface area contributed by atoms with E-state index in [4.69, 9.17) is 29.9 Å². The van der Waals surface area contributed by atoms with Crippen molar-refractivity contribution in [1.82, 2.24) is 59.8 Å². The third-order valence-corrected chi connectivity index (χ3v) is 13.3. The van der Waals surface area contributed by atoms with E-state index in [9.17, 15) is 0 Å². The van der Waals surface area contributed by atoms with Gasteiger partial charge in [-0.3, -0.25) is 0 Å². The molecule has 15 rings (SSSR count). The molecule has 0 fully saturated rings. The van der Waals surface area contributed by atoms with Gasteiger partial charge in [-0.05, 0) is 194 Å². The summed E-state index contributed by atoms with van der Waals surface area (Å²) < 4.78 is 0. The Hall–Kier alpha value is -10.2. The summed E-state index contributed by atoms with van der Waals surface area (Å²) in [5.74, 6) is 0. The smallest absolute Gasteiger partial charge is 0.0738 e. The summed E-state index contributed by atoms with van der Waals surface area (Å²) >= 11 is 0. The monoisotopic (exact) mass is 926 g/mol. The SMILES string of the molecule is C1=Cc2cc3ccc([nH]3)c(-c3c4nc(c(-c5c6nc(cc7ccc(cc8nc(cc9ccc5[nH]9)C=C8)[nH]7)C=C6)c5ccc(cc6nc(cc7ccc3[nH]7)C=C6)[nH]5)C=C4)c3nc(cc4ccc(cc1n2)[nH]4)C=C3. The van der Waals surface area contributed by atoms with E-state index in [0.717, 1.165) is 157 Å². The van der Waals surface area contributed by atoms with Gasteiger partial charge < -0.3 is 29.9 Å². The molecule has 0 saturated heterocycles. The Balaban J connectivity index is 1.07. The van der Waals surface area contributed by atoms with Crippen molar-refractivity contribution in [3.05, 3.63) is 190 Å². The van der Waals surface area contributed by atoms with Gasteiger partial charge in [-0.15, -0.1) is 0 Å². The van der Waals surface area contributed by atoms with Crippen LogP contribution in [0.4, 0.5) is 0 Å². The molecule has 0 atom stereocenters. The highest BCUT2D eigenvalue weighted by Gasteiger charge is 2.22. The minimum absolute atomic E-state index is 0.747. The Morgan fingerprint density at radius 2 is 0.403 bits per heavy atom. The van der Waals surface area contributed by atoms with Gasteiger partial charge in [0.1, 0.15) is 0 Å². The second-order valence-corrected chi connectivity index (χ2v) is 18.3. The zero-order valence-electron chi connectivity index (χ0n) is 38.2. The van der Waals surface area contributed by atoms with Crippen LogP contribution in [-0.4, -0.2) is 59.8 Å². The summed E-state index contributed by atoms with van der Waals surface area (Å²) in [6.07, 6.45) is 24.7. The average molecular weight is 927 g/mol. The normalized spacial score (nSPS) is 13.2. The highest BCUT2D eigenvalue weighted by atomic mass is 14.8. The quantitative estimate of drug-likeness (QED) is 0.101. The molecular formula is C60H38N12. The lowest BCUT2D eigenvalue weighted by Crippen LogP contribution is -1.92. The second kappa shape index (κ2) is 15.7. The van der Waals surface area contributed by atoms with Crippen molar-refractivity contribution in [2.75, 3.05) is 0 Å². The van der Waals surface area contributed by atoms with Crippen LogP contribution in [0.1, 0.15) is 68.3 Å². The molecule has 0 unspecified atom stereocenters. The Kier molecular flexibility index (Phi) is 8.65. The number of fused-ring (bicyclic) bond motifs is 24. The van der Waals surface area contributed by atoms with Crippen LogP contribution >= 0.6 is 0 Å². The molecule has 0 amide bonds. The fourth-order valence-electron chi connectivity index (χ4n) is 10.1. The largest absolute Gasteiger partial charge is 0.355 e. The summed E-state index contributed by atoms with van der Waals surface area (Å²) in [5.41, 5.74) is 24.1. The van der Waals surface area contributed by atoms with Gasteiger partial charge in [-0.1, -0.05) is 0 Å². The first kappa shape index (κ1) is 39.8. The third-order valence-electron chi connectivity index (χ3n) is 13.3. The van der Waals surface area contributed by atoms with Crippen LogP contribution in [0.25, 0.3) is 161 Å². The lowest BCUT2D eigenvalue weighted by molar-refractivity contribution is 1.28. The molecule has 12 heteroatoms. The van der Waals surface area contributed by atoms with E-state index in [1.807, 2.05) is 48.6 Å². The minimum atomic E-state index is 0.747. The van der Waals surface area contributed by atoms with Crippen molar-refractivity contribution >= 4 is 139 Å². The molecular weight excluding hydrogens is 889 g/mol. The van der Waals surface area contributed by atoms with Gasteiger partial charge in [0.25, 0.3) is 0 Å². The molecule has 24 bridgehead atoms. The summed E-state index contributed by atoms with van der Waals surface area (Å²) in [6.45, 7) is 0. The Morgan fingerprint density at radius 3 is 0.694 bits per heavy atom. The van der Waals surface area contributed by atoms with Crippen molar-refractivity contribution in [2.24, 2.45) is 0 Å². The standard InChI is InChI=1S/C60H38N12/c1-5-37-27-43-11-17-49(66-43)57(50-18-12-44(67-50)28-38-6-2-34(62-38)25-33(1)61-37)59-53-21-15-47(70-53)31-41-9-10-42(65-41)32-48-16-22-54(71-48)60(56-24-23-55(59)72-56)58-51-19-13-45(68-51)29-39-7-3-35(63-39)26-36-4-8-40(64-36)30-46-14-20-52(58)69-46/h1-32,61,63,67,69-71H. The van der Waals surface area contributed by atoms with Crippen molar-refractivity contribution in [3.63, 3.8) is 0 Å². The fraction of sp³-hybridized carbons (Fsp3) is 0. The topological polar surface area (TPSA) is 172 Å². The molecule has 12 nitrogen and oxygen atoms in total. The Labute approximate surface area is 409 Å². The maximum atomic E-state index is 5.69. The fourth-order valence-corrected chi connectivity index (χ4v) is 10.1. The maximum Gasteiger partial charge on any atom is 0.0738 e. The molecule has 0 saturated carbocycles. The molecule has 15 heterocycles. The molecule has 0 aromatic carbocycles.